The molecule has 2 aromatic rings. The van der Waals surface area contributed by atoms with Gasteiger partial charge in [0.1, 0.15) is 0 Å². The van der Waals surface area contributed by atoms with Crippen molar-refractivity contribution >= 4 is 6.03 Å². The zero-order chi connectivity index (χ0) is 22.1. The van der Waals surface area contributed by atoms with Gasteiger partial charge in [0.2, 0.25) is 0 Å². The lowest BCUT2D eigenvalue weighted by molar-refractivity contribution is 0.163. The molecule has 1 heterocycles. The highest BCUT2D eigenvalue weighted by Crippen LogP contribution is 2.21. The number of carbonyl (C=O) groups is 1. The fourth-order valence-electron chi connectivity index (χ4n) is 4.30. The molecule has 0 saturated carbocycles. The minimum absolute atomic E-state index is 0.0259. The molecule has 1 fully saturated rings. The van der Waals surface area contributed by atoms with E-state index >= 15 is 0 Å². The zero-order valence-electron chi connectivity index (χ0n) is 19.5. The van der Waals surface area contributed by atoms with Crippen molar-refractivity contribution in [3.63, 3.8) is 0 Å². The van der Waals surface area contributed by atoms with E-state index in [9.17, 15) is 4.79 Å². The van der Waals surface area contributed by atoms with Crippen LogP contribution in [0.25, 0.3) is 0 Å². The van der Waals surface area contributed by atoms with Crippen LogP contribution in [0.15, 0.2) is 60.7 Å². The highest BCUT2D eigenvalue weighted by Gasteiger charge is 2.22. The summed E-state index contributed by atoms with van der Waals surface area (Å²) in [6.07, 6.45) is 4.75. The van der Waals surface area contributed by atoms with Crippen molar-refractivity contribution in [1.29, 1.82) is 0 Å². The Bertz CT molecular complexity index is 777. The molecule has 0 bridgehead atoms. The first-order valence-corrected chi connectivity index (χ1v) is 11.8. The van der Waals surface area contributed by atoms with Crippen molar-refractivity contribution in [1.82, 2.24) is 15.1 Å². The highest BCUT2D eigenvalue weighted by atomic mass is 16.2. The topological polar surface area (TPSA) is 35.6 Å². The Labute approximate surface area is 188 Å². The Morgan fingerprint density at radius 1 is 0.968 bits per heavy atom. The molecule has 1 N–H and O–H groups in total. The number of piperidine rings is 1. The van der Waals surface area contributed by atoms with E-state index in [2.05, 4.69) is 52.7 Å². The van der Waals surface area contributed by atoms with Crippen LogP contribution in [0.4, 0.5) is 4.79 Å². The van der Waals surface area contributed by atoms with Crippen molar-refractivity contribution in [3.8, 4) is 0 Å². The van der Waals surface area contributed by atoms with Crippen LogP contribution in [-0.4, -0.2) is 47.5 Å². The Balaban J connectivity index is 1.45. The molecule has 168 valence electrons. The molecule has 31 heavy (non-hydrogen) atoms. The molecule has 0 unspecified atom stereocenters. The van der Waals surface area contributed by atoms with Crippen LogP contribution in [0.1, 0.15) is 51.2 Å². The summed E-state index contributed by atoms with van der Waals surface area (Å²) in [5.74, 6) is 0.797. The summed E-state index contributed by atoms with van der Waals surface area (Å²) in [6, 6.07) is 21.2. The van der Waals surface area contributed by atoms with Gasteiger partial charge in [0.25, 0.3) is 0 Å². The van der Waals surface area contributed by atoms with E-state index in [-0.39, 0.29) is 11.6 Å². The second-order valence-corrected chi connectivity index (χ2v) is 9.92. The van der Waals surface area contributed by atoms with Crippen LogP contribution >= 0.6 is 0 Å². The molecule has 4 nitrogen and oxygen atoms in total. The second kappa shape index (κ2) is 11.3. The van der Waals surface area contributed by atoms with Crippen molar-refractivity contribution in [3.05, 3.63) is 71.8 Å². The van der Waals surface area contributed by atoms with Crippen molar-refractivity contribution in [2.45, 2.75) is 58.5 Å². The molecule has 1 aliphatic rings. The third-order valence-corrected chi connectivity index (χ3v) is 5.96. The van der Waals surface area contributed by atoms with E-state index in [1.165, 1.54) is 43.5 Å². The molecule has 0 atom stereocenters. The fraction of sp³-hybridized carbons (Fsp3) is 0.519. The van der Waals surface area contributed by atoms with Crippen LogP contribution in [0.2, 0.25) is 0 Å². The first kappa shape index (κ1) is 23.3. The van der Waals surface area contributed by atoms with E-state index in [0.717, 1.165) is 25.4 Å². The minimum Gasteiger partial charge on any atom is -0.333 e. The molecule has 2 amide bonds. The normalized spacial score (nSPS) is 15.6. The third-order valence-electron chi connectivity index (χ3n) is 5.96. The molecule has 3 rings (SSSR count). The van der Waals surface area contributed by atoms with Gasteiger partial charge in [-0.05, 0) is 83.1 Å². The van der Waals surface area contributed by atoms with Gasteiger partial charge in [-0.15, -0.1) is 0 Å². The van der Waals surface area contributed by atoms with Crippen LogP contribution in [0.3, 0.4) is 0 Å². The van der Waals surface area contributed by atoms with E-state index in [0.29, 0.717) is 6.54 Å². The Hall–Kier alpha value is -2.33. The highest BCUT2D eigenvalue weighted by molar-refractivity contribution is 5.75. The largest absolute Gasteiger partial charge is 0.333 e. The summed E-state index contributed by atoms with van der Waals surface area (Å²) in [7, 11) is 0. The van der Waals surface area contributed by atoms with Crippen LogP contribution in [-0.2, 0) is 13.0 Å². The summed E-state index contributed by atoms with van der Waals surface area (Å²) in [5.41, 5.74) is 2.41. The Morgan fingerprint density at radius 3 is 2.13 bits per heavy atom. The monoisotopic (exact) mass is 421 g/mol. The molecule has 1 saturated heterocycles. The summed E-state index contributed by atoms with van der Waals surface area (Å²) < 4.78 is 0. The molecule has 0 aromatic heterocycles. The quantitative estimate of drug-likeness (QED) is 0.624. The van der Waals surface area contributed by atoms with Crippen molar-refractivity contribution < 1.29 is 4.79 Å². The maximum atomic E-state index is 12.9. The van der Waals surface area contributed by atoms with Crippen molar-refractivity contribution in [2.24, 2.45) is 5.92 Å². The zero-order valence-corrected chi connectivity index (χ0v) is 19.5. The number of amides is 2. The molecule has 4 heteroatoms. The van der Waals surface area contributed by atoms with Gasteiger partial charge < -0.3 is 15.1 Å². The number of hydrogen-bond acceptors (Lipinski definition) is 2. The van der Waals surface area contributed by atoms with Gasteiger partial charge >= 0.3 is 6.03 Å². The molecule has 2 aromatic carbocycles. The Kier molecular flexibility index (Phi) is 8.53. The number of hydrogen-bond donors (Lipinski definition) is 1. The van der Waals surface area contributed by atoms with Gasteiger partial charge in [-0.1, -0.05) is 60.7 Å². The average molecular weight is 422 g/mol. The summed E-state index contributed by atoms with van der Waals surface area (Å²) in [6.45, 7) is 10.9. The predicted molar refractivity (Wildman–Crippen MR) is 129 cm³/mol. The molecule has 1 aliphatic heterocycles. The predicted octanol–water partition coefficient (Wildman–Crippen LogP) is 5.34. The van der Waals surface area contributed by atoms with Crippen molar-refractivity contribution in [2.75, 3.05) is 26.2 Å². The lowest BCUT2D eigenvalue weighted by Crippen LogP contribution is -2.48. The number of rotatable bonds is 8. The number of urea groups is 1. The second-order valence-electron chi connectivity index (χ2n) is 9.92. The maximum Gasteiger partial charge on any atom is 0.318 e. The smallest absolute Gasteiger partial charge is 0.318 e. The fourth-order valence-corrected chi connectivity index (χ4v) is 4.30. The number of likely N-dealkylation sites (tertiary alicyclic amines) is 1. The first-order chi connectivity index (χ1) is 14.9. The molecule has 0 radical (unpaired) electrons. The summed E-state index contributed by atoms with van der Waals surface area (Å²) in [4.78, 5) is 17.4. The third kappa shape index (κ3) is 8.37. The molecular weight excluding hydrogens is 382 g/mol. The van der Waals surface area contributed by atoms with E-state index in [4.69, 9.17) is 0 Å². The average Bonchev–Trinajstić information content (AvgIpc) is 2.74. The van der Waals surface area contributed by atoms with Gasteiger partial charge in [0.15, 0.2) is 0 Å². The number of nitrogens with one attached hydrogen (secondary N) is 1. The molecular formula is C27H39N3O. The SMILES string of the molecule is CC(C)(C)NC(=O)N(CCCN1CCC(Cc2ccccc2)CC1)Cc1ccccc1. The van der Waals surface area contributed by atoms with Gasteiger partial charge in [-0.25, -0.2) is 4.79 Å². The number of benzene rings is 2. The van der Waals surface area contributed by atoms with Crippen LogP contribution in [0.5, 0.6) is 0 Å². The van der Waals surface area contributed by atoms with Crippen LogP contribution < -0.4 is 5.32 Å². The van der Waals surface area contributed by atoms with E-state index in [1.54, 1.807) is 0 Å². The summed E-state index contributed by atoms with van der Waals surface area (Å²) >= 11 is 0. The van der Waals surface area contributed by atoms with Gasteiger partial charge in [-0.2, -0.15) is 0 Å². The summed E-state index contributed by atoms with van der Waals surface area (Å²) in [5, 5.41) is 3.13. The minimum atomic E-state index is -0.230. The van der Waals surface area contributed by atoms with Gasteiger partial charge in [-0.3, -0.25) is 0 Å². The lowest BCUT2D eigenvalue weighted by atomic mass is 9.90. The lowest BCUT2D eigenvalue weighted by Gasteiger charge is -2.33. The van der Waals surface area contributed by atoms with E-state index < -0.39 is 0 Å². The Morgan fingerprint density at radius 2 is 1.55 bits per heavy atom. The standard InChI is InChI=1S/C27H39N3O/c1-27(2,3)28-26(31)30(22-25-13-8-5-9-14-25)18-10-17-29-19-15-24(16-20-29)21-23-11-6-4-7-12-23/h4-9,11-14,24H,10,15-22H2,1-3H3,(H,28,31). The van der Waals surface area contributed by atoms with E-state index in [1.807, 2.05) is 43.9 Å². The molecule has 0 aliphatic carbocycles. The van der Waals surface area contributed by atoms with Gasteiger partial charge in [0, 0.05) is 18.6 Å². The maximum absolute atomic E-state index is 12.9. The number of carbonyl (C=O) groups excluding carboxylic acids is 1. The van der Waals surface area contributed by atoms with Crippen LogP contribution in [0, 0.1) is 5.92 Å². The molecule has 0 spiro atoms. The first-order valence-electron chi connectivity index (χ1n) is 11.8. The van der Waals surface area contributed by atoms with Gasteiger partial charge in [0.05, 0.1) is 0 Å². The number of nitrogens with zero attached hydrogens (tertiary/aromatic N) is 2.